The Kier molecular flexibility index (Phi) is 6.82. The number of nitro benzene ring substituents is 1. The maximum Gasteiger partial charge on any atom is 0.270 e. The second kappa shape index (κ2) is 9.52. The van der Waals surface area contributed by atoms with Crippen LogP contribution < -0.4 is 10.6 Å². The lowest BCUT2D eigenvalue weighted by Gasteiger charge is -2.30. The van der Waals surface area contributed by atoms with E-state index in [1.807, 2.05) is 12.1 Å². The Balaban J connectivity index is 1.75. The van der Waals surface area contributed by atoms with E-state index < -0.39 is 4.92 Å². The average molecular weight is 396 g/mol. The van der Waals surface area contributed by atoms with Crippen molar-refractivity contribution in [2.45, 2.75) is 32.9 Å². The zero-order valence-corrected chi connectivity index (χ0v) is 17.0. The van der Waals surface area contributed by atoms with Gasteiger partial charge in [-0.25, -0.2) is 0 Å². The summed E-state index contributed by atoms with van der Waals surface area (Å²) in [5.74, 6) is 0.445. The molecular weight excluding hydrogens is 368 g/mol. The van der Waals surface area contributed by atoms with Gasteiger partial charge in [0.2, 0.25) is 0 Å². The number of piperidine rings is 1. The van der Waals surface area contributed by atoms with Crippen LogP contribution in [0.5, 0.6) is 0 Å². The molecule has 0 unspecified atom stereocenters. The molecule has 1 fully saturated rings. The SMILES string of the molecule is CNC(=O)c1cc([N+](=O)[O-])ccc1NCc1ccccc1CN1CCC(C)CC1. The number of hydrogen-bond donors (Lipinski definition) is 2. The van der Waals surface area contributed by atoms with Gasteiger partial charge in [0.15, 0.2) is 0 Å². The Morgan fingerprint density at radius 3 is 2.52 bits per heavy atom. The van der Waals surface area contributed by atoms with E-state index >= 15 is 0 Å². The van der Waals surface area contributed by atoms with Crippen LogP contribution in [-0.4, -0.2) is 35.9 Å². The molecule has 0 atom stereocenters. The van der Waals surface area contributed by atoms with E-state index in [1.54, 1.807) is 6.07 Å². The van der Waals surface area contributed by atoms with Crippen molar-refractivity contribution >= 4 is 17.3 Å². The minimum atomic E-state index is -0.495. The first kappa shape index (κ1) is 20.8. The van der Waals surface area contributed by atoms with Crippen LogP contribution in [0.4, 0.5) is 11.4 Å². The highest BCUT2D eigenvalue weighted by Gasteiger charge is 2.18. The standard InChI is InChI=1S/C22H28N4O3/c1-16-9-11-25(12-10-16)15-18-6-4-3-5-17(18)14-24-21-8-7-19(26(28)29)13-20(21)22(27)23-2/h3-8,13,16,24H,9-12,14-15H2,1-2H3,(H,23,27). The van der Waals surface area contributed by atoms with E-state index in [-0.39, 0.29) is 17.2 Å². The summed E-state index contributed by atoms with van der Waals surface area (Å²) in [6.45, 7) is 6.00. The number of hydrogen-bond acceptors (Lipinski definition) is 5. The van der Waals surface area contributed by atoms with Crippen LogP contribution >= 0.6 is 0 Å². The van der Waals surface area contributed by atoms with Crippen LogP contribution in [0, 0.1) is 16.0 Å². The predicted molar refractivity (Wildman–Crippen MR) is 114 cm³/mol. The second-order valence-corrected chi connectivity index (χ2v) is 7.65. The molecule has 2 N–H and O–H groups in total. The first-order chi connectivity index (χ1) is 14.0. The molecule has 0 spiro atoms. The Bertz CT molecular complexity index is 876. The Morgan fingerprint density at radius 1 is 1.17 bits per heavy atom. The molecular formula is C22H28N4O3. The minimum absolute atomic E-state index is 0.103. The fourth-order valence-corrected chi connectivity index (χ4v) is 3.66. The summed E-state index contributed by atoms with van der Waals surface area (Å²) >= 11 is 0. The molecule has 1 aliphatic rings. The van der Waals surface area contributed by atoms with E-state index in [1.165, 1.54) is 37.6 Å². The summed E-state index contributed by atoms with van der Waals surface area (Å²) in [5, 5.41) is 16.9. The lowest BCUT2D eigenvalue weighted by molar-refractivity contribution is -0.384. The van der Waals surface area contributed by atoms with Gasteiger partial charge in [-0.05, 0) is 49.0 Å². The summed E-state index contributed by atoms with van der Waals surface area (Å²) in [6.07, 6.45) is 2.47. The van der Waals surface area contributed by atoms with Crippen LogP contribution in [0.3, 0.4) is 0 Å². The van der Waals surface area contributed by atoms with Crippen molar-refractivity contribution in [1.29, 1.82) is 0 Å². The number of benzene rings is 2. The number of carbonyl (C=O) groups is 1. The van der Waals surface area contributed by atoms with Crippen molar-refractivity contribution in [2.24, 2.45) is 5.92 Å². The predicted octanol–water partition coefficient (Wildman–Crippen LogP) is 3.80. The Hall–Kier alpha value is -2.93. The van der Waals surface area contributed by atoms with Gasteiger partial charge in [-0.2, -0.15) is 0 Å². The van der Waals surface area contributed by atoms with Gasteiger partial charge < -0.3 is 10.6 Å². The van der Waals surface area contributed by atoms with Gasteiger partial charge in [-0.1, -0.05) is 31.2 Å². The van der Waals surface area contributed by atoms with Gasteiger partial charge in [-0.15, -0.1) is 0 Å². The molecule has 7 nitrogen and oxygen atoms in total. The zero-order valence-electron chi connectivity index (χ0n) is 17.0. The minimum Gasteiger partial charge on any atom is -0.380 e. The first-order valence-electron chi connectivity index (χ1n) is 10.0. The third kappa shape index (κ3) is 5.32. The Labute approximate surface area is 171 Å². The molecule has 7 heteroatoms. The van der Waals surface area contributed by atoms with Crippen LogP contribution in [0.25, 0.3) is 0 Å². The van der Waals surface area contributed by atoms with E-state index in [2.05, 4.69) is 34.6 Å². The summed E-state index contributed by atoms with van der Waals surface area (Å²) in [4.78, 5) is 25.2. The molecule has 0 aromatic heterocycles. The summed E-state index contributed by atoms with van der Waals surface area (Å²) in [6, 6.07) is 12.6. The number of non-ortho nitro benzene ring substituents is 1. The largest absolute Gasteiger partial charge is 0.380 e. The highest BCUT2D eigenvalue weighted by Crippen LogP contribution is 2.24. The molecule has 2 aromatic carbocycles. The topological polar surface area (TPSA) is 87.5 Å². The van der Waals surface area contributed by atoms with Gasteiger partial charge in [0.1, 0.15) is 0 Å². The highest BCUT2D eigenvalue weighted by molar-refractivity contribution is 6.00. The monoisotopic (exact) mass is 396 g/mol. The van der Waals surface area contributed by atoms with Gasteiger partial charge in [0.05, 0.1) is 10.5 Å². The molecule has 1 saturated heterocycles. The molecule has 0 bridgehead atoms. The van der Waals surface area contributed by atoms with Crippen LogP contribution in [0.2, 0.25) is 0 Å². The molecule has 0 saturated carbocycles. The molecule has 0 radical (unpaired) electrons. The maximum atomic E-state index is 12.2. The first-order valence-corrected chi connectivity index (χ1v) is 10.0. The van der Waals surface area contributed by atoms with Crippen molar-refractivity contribution in [3.63, 3.8) is 0 Å². The van der Waals surface area contributed by atoms with Crippen molar-refractivity contribution in [1.82, 2.24) is 10.2 Å². The van der Waals surface area contributed by atoms with Gasteiger partial charge >= 0.3 is 0 Å². The summed E-state index contributed by atoms with van der Waals surface area (Å²) in [5.41, 5.74) is 3.17. The van der Waals surface area contributed by atoms with Crippen LogP contribution in [-0.2, 0) is 13.1 Å². The highest BCUT2D eigenvalue weighted by atomic mass is 16.6. The van der Waals surface area contributed by atoms with E-state index in [4.69, 9.17) is 0 Å². The number of likely N-dealkylation sites (tertiary alicyclic amines) is 1. The molecule has 154 valence electrons. The number of anilines is 1. The summed E-state index contributed by atoms with van der Waals surface area (Å²) < 4.78 is 0. The zero-order chi connectivity index (χ0) is 20.8. The van der Waals surface area contributed by atoms with Crippen LogP contribution in [0.1, 0.15) is 41.3 Å². The molecule has 2 aromatic rings. The van der Waals surface area contributed by atoms with Crippen molar-refractivity contribution in [2.75, 3.05) is 25.5 Å². The fourth-order valence-electron chi connectivity index (χ4n) is 3.66. The number of amides is 1. The average Bonchev–Trinajstić information content (AvgIpc) is 2.74. The molecule has 3 rings (SSSR count). The smallest absolute Gasteiger partial charge is 0.270 e. The normalized spacial score (nSPS) is 15.1. The van der Waals surface area contributed by atoms with Gasteiger partial charge in [0, 0.05) is 38.0 Å². The molecule has 0 aliphatic carbocycles. The number of nitro groups is 1. The lowest BCUT2D eigenvalue weighted by atomic mass is 9.98. The molecule has 1 aliphatic heterocycles. The molecule has 1 heterocycles. The maximum absolute atomic E-state index is 12.2. The van der Waals surface area contributed by atoms with E-state index in [9.17, 15) is 14.9 Å². The van der Waals surface area contributed by atoms with Crippen molar-refractivity contribution in [3.05, 3.63) is 69.3 Å². The van der Waals surface area contributed by atoms with Gasteiger partial charge in [0.25, 0.3) is 11.6 Å². The third-order valence-corrected chi connectivity index (χ3v) is 5.54. The lowest BCUT2D eigenvalue weighted by Crippen LogP contribution is -2.32. The summed E-state index contributed by atoms with van der Waals surface area (Å²) in [7, 11) is 1.51. The number of nitrogens with zero attached hydrogens (tertiary/aromatic N) is 2. The number of carbonyl (C=O) groups excluding carboxylic acids is 1. The fraction of sp³-hybridized carbons (Fsp3) is 0.409. The van der Waals surface area contributed by atoms with Crippen molar-refractivity contribution in [3.8, 4) is 0 Å². The number of nitrogens with one attached hydrogen (secondary N) is 2. The van der Waals surface area contributed by atoms with Crippen LogP contribution in [0.15, 0.2) is 42.5 Å². The molecule has 29 heavy (non-hydrogen) atoms. The van der Waals surface area contributed by atoms with Crippen molar-refractivity contribution < 1.29 is 9.72 Å². The number of rotatable bonds is 7. The van der Waals surface area contributed by atoms with E-state index in [0.29, 0.717) is 12.2 Å². The third-order valence-electron chi connectivity index (χ3n) is 5.54. The van der Waals surface area contributed by atoms with E-state index in [0.717, 1.165) is 31.1 Å². The quantitative estimate of drug-likeness (QED) is 0.549. The second-order valence-electron chi connectivity index (χ2n) is 7.65. The van der Waals surface area contributed by atoms with Gasteiger partial charge in [-0.3, -0.25) is 19.8 Å². The molecule has 1 amide bonds. The Morgan fingerprint density at radius 2 is 1.86 bits per heavy atom.